The van der Waals surface area contributed by atoms with Crippen LogP contribution in [0.5, 0.6) is 5.75 Å². The Morgan fingerprint density at radius 3 is 2.61 bits per heavy atom. The lowest BCUT2D eigenvalue weighted by molar-refractivity contribution is 0.0750. The molecule has 0 radical (unpaired) electrons. The van der Waals surface area contributed by atoms with Crippen molar-refractivity contribution in [3.8, 4) is 5.75 Å². The Morgan fingerprint density at radius 2 is 2.00 bits per heavy atom. The van der Waals surface area contributed by atoms with Gasteiger partial charge in [-0.15, -0.1) is 0 Å². The van der Waals surface area contributed by atoms with Crippen LogP contribution in [0.2, 0.25) is 0 Å². The number of hydrogen-bond donors (Lipinski definition) is 2. The Kier molecular flexibility index (Phi) is 3.86. The fourth-order valence-electron chi connectivity index (χ4n) is 1.92. The lowest BCUT2D eigenvalue weighted by Gasteiger charge is -2.27. The van der Waals surface area contributed by atoms with Crippen LogP contribution in [0.25, 0.3) is 0 Å². The van der Waals surface area contributed by atoms with E-state index < -0.39 is 0 Å². The molecule has 1 amide bonds. The monoisotopic (exact) mass is 312 g/mol. The summed E-state index contributed by atoms with van der Waals surface area (Å²) in [5, 5.41) is 21.5. The predicted molar refractivity (Wildman–Crippen MR) is 70.2 cm³/mol. The lowest BCUT2D eigenvalue weighted by atomic mass is 10.1. The summed E-state index contributed by atoms with van der Waals surface area (Å²) in [6.07, 6.45) is 1.13. The molecule has 96 valence electrons. The molecular weight excluding hydrogens is 300 g/mol. The second kappa shape index (κ2) is 5.39. The number of aromatic hydroxyl groups is 1. The molecule has 18 heavy (non-hydrogen) atoms. The fourth-order valence-corrected chi connectivity index (χ4v) is 2.28. The average molecular weight is 313 g/mol. The summed E-state index contributed by atoms with van der Waals surface area (Å²) >= 11 is 3.28. The summed E-state index contributed by atoms with van der Waals surface area (Å²) in [4.78, 5) is 13.9. The molecule has 2 rings (SSSR count). The first-order chi connectivity index (χ1) is 8.61. The molecule has 1 aliphatic heterocycles. The van der Waals surface area contributed by atoms with Gasteiger partial charge in [-0.2, -0.15) is 0 Å². The average Bonchev–Trinajstić information content (AvgIpc) is 2.41. The molecule has 1 aromatic rings. The third kappa shape index (κ3) is 2.64. The highest BCUT2D eigenvalue weighted by Gasteiger charge is 2.23. The molecule has 6 heteroatoms. The van der Waals surface area contributed by atoms with Gasteiger partial charge in [0, 0.05) is 30.4 Å². The second-order valence-corrected chi connectivity index (χ2v) is 5.04. The molecule has 0 spiro atoms. The smallest absolute Gasteiger partial charge is 0.257 e. The molecule has 0 bridgehead atoms. The highest BCUT2D eigenvalue weighted by Crippen LogP contribution is 2.24. The molecule has 0 aromatic heterocycles. The SMILES string of the molecule is O=C(c1cc(Br)ccc1O)N1CCC(=NO)CC1. The maximum absolute atomic E-state index is 12.2. The molecule has 2 N–H and O–H groups in total. The third-order valence-corrected chi connectivity index (χ3v) is 3.45. The van der Waals surface area contributed by atoms with E-state index in [9.17, 15) is 9.90 Å². The van der Waals surface area contributed by atoms with Gasteiger partial charge in [-0.25, -0.2) is 0 Å². The summed E-state index contributed by atoms with van der Waals surface area (Å²) in [6.45, 7) is 1.01. The van der Waals surface area contributed by atoms with Gasteiger partial charge in [0.15, 0.2) is 0 Å². The zero-order valence-electron chi connectivity index (χ0n) is 9.64. The van der Waals surface area contributed by atoms with Crippen LogP contribution in [0.4, 0.5) is 0 Å². The number of likely N-dealkylation sites (tertiary alicyclic amines) is 1. The topological polar surface area (TPSA) is 73.1 Å². The minimum Gasteiger partial charge on any atom is -0.507 e. The summed E-state index contributed by atoms with van der Waals surface area (Å²) in [7, 11) is 0. The zero-order chi connectivity index (χ0) is 13.1. The minimum atomic E-state index is -0.203. The molecule has 1 aliphatic rings. The number of halogens is 1. The molecule has 1 fully saturated rings. The van der Waals surface area contributed by atoms with Gasteiger partial charge in [0.25, 0.3) is 5.91 Å². The van der Waals surface area contributed by atoms with Gasteiger partial charge in [-0.05, 0) is 18.2 Å². The third-order valence-electron chi connectivity index (χ3n) is 2.96. The molecule has 0 unspecified atom stereocenters. The molecular formula is C12H13BrN2O3. The number of phenols is 1. The van der Waals surface area contributed by atoms with E-state index in [0.29, 0.717) is 31.6 Å². The predicted octanol–water partition coefficient (Wildman–Crippen LogP) is 2.22. The van der Waals surface area contributed by atoms with Crippen molar-refractivity contribution in [1.82, 2.24) is 4.90 Å². The van der Waals surface area contributed by atoms with Crippen LogP contribution in [0, 0.1) is 0 Å². The van der Waals surface area contributed by atoms with Gasteiger partial charge in [-0.3, -0.25) is 4.79 Å². The molecule has 1 heterocycles. The van der Waals surface area contributed by atoms with Crippen molar-refractivity contribution in [3.05, 3.63) is 28.2 Å². The van der Waals surface area contributed by atoms with E-state index in [1.807, 2.05) is 0 Å². The van der Waals surface area contributed by atoms with Crippen molar-refractivity contribution < 1.29 is 15.1 Å². The first-order valence-electron chi connectivity index (χ1n) is 5.59. The normalized spacial score (nSPS) is 15.6. The van der Waals surface area contributed by atoms with Crippen LogP contribution in [0.1, 0.15) is 23.2 Å². The molecule has 0 atom stereocenters. The Hall–Kier alpha value is -1.56. The van der Waals surface area contributed by atoms with Crippen molar-refractivity contribution in [2.24, 2.45) is 5.16 Å². The van der Waals surface area contributed by atoms with Gasteiger partial charge in [0.1, 0.15) is 5.75 Å². The Bertz CT molecular complexity index is 492. The number of amides is 1. The molecule has 0 aliphatic carbocycles. The van der Waals surface area contributed by atoms with Crippen LogP contribution in [-0.2, 0) is 0 Å². The van der Waals surface area contributed by atoms with Gasteiger partial charge < -0.3 is 15.2 Å². The number of benzene rings is 1. The number of phenolic OH excluding ortho intramolecular Hbond substituents is 1. The summed E-state index contributed by atoms with van der Waals surface area (Å²) < 4.78 is 0.748. The summed E-state index contributed by atoms with van der Waals surface area (Å²) in [6, 6.07) is 4.77. The van der Waals surface area contributed by atoms with Crippen LogP contribution < -0.4 is 0 Å². The Morgan fingerprint density at radius 1 is 1.33 bits per heavy atom. The van der Waals surface area contributed by atoms with E-state index in [4.69, 9.17) is 5.21 Å². The number of nitrogens with zero attached hydrogens (tertiary/aromatic N) is 2. The van der Waals surface area contributed by atoms with E-state index in [-0.39, 0.29) is 17.2 Å². The molecule has 1 saturated heterocycles. The standard InChI is InChI=1S/C12H13BrN2O3/c13-8-1-2-11(16)10(7-8)12(17)15-5-3-9(14-18)4-6-15/h1-2,7,16,18H,3-6H2. The molecule has 1 aromatic carbocycles. The summed E-state index contributed by atoms with van der Waals surface area (Å²) in [5.41, 5.74) is 0.992. The van der Waals surface area contributed by atoms with E-state index in [1.54, 1.807) is 17.0 Å². The maximum Gasteiger partial charge on any atom is 0.257 e. The number of rotatable bonds is 1. The van der Waals surface area contributed by atoms with Crippen LogP contribution in [0.3, 0.4) is 0 Å². The number of carbonyl (C=O) groups is 1. The maximum atomic E-state index is 12.2. The highest BCUT2D eigenvalue weighted by molar-refractivity contribution is 9.10. The first kappa shape index (κ1) is 12.9. The van der Waals surface area contributed by atoms with E-state index >= 15 is 0 Å². The molecule has 0 saturated carbocycles. The highest BCUT2D eigenvalue weighted by atomic mass is 79.9. The quantitative estimate of drug-likeness (QED) is 0.617. The van der Waals surface area contributed by atoms with Crippen LogP contribution in [-0.4, -0.2) is 39.9 Å². The van der Waals surface area contributed by atoms with Gasteiger partial charge in [0.2, 0.25) is 0 Å². The molecule has 5 nitrogen and oxygen atoms in total. The first-order valence-corrected chi connectivity index (χ1v) is 6.38. The van der Waals surface area contributed by atoms with Crippen molar-refractivity contribution in [1.29, 1.82) is 0 Å². The summed E-state index contributed by atoms with van der Waals surface area (Å²) in [5.74, 6) is -0.226. The van der Waals surface area contributed by atoms with E-state index in [2.05, 4.69) is 21.1 Å². The van der Waals surface area contributed by atoms with Crippen molar-refractivity contribution >= 4 is 27.5 Å². The van der Waals surface area contributed by atoms with Crippen molar-refractivity contribution in [2.45, 2.75) is 12.8 Å². The second-order valence-electron chi connectivity index (χ2n) is 4.12. The van der Waals surface area contributed by atoms with E-state index in [0.717, 1.165) is 4.47 Å². The lowest BCUT2D eigenvalue weighted by Crippen LogP contribution is -2.38. The fraction of sp³-hybridized carbons (Fsp3) is 0.333. The Balaban J connectivity index is 2.15. The zero-order valence-corrected chi connectivity index (χ0v) is 11.2. The van der Waals surface area contributed by atoms with Crippen LogP contribution >= 0.6 is 15.9 Å². The van der Waals surface area contributed by atoms with Gasteiger partial charge in [0.05, 0.1) is 11.3 Å². The number of oxime groups is 1. The van der Waals surface area contributed by atoms with Crippen LogP contribution in [0.15, 0.2) is 27.8 Å². The minimum absolute atomic E-state index is 0.0233. The van der Waals surface area contributed by atoms with Crippen molar-refractivity contribution in [3.63, 3.8) is 0 Å². The van der Waals surface area contributed by atoms with E-state index in [1.165, 1.54) is 6.07 Å². The number of piperidine rings is 1. The number of hydrogen-bond acceptors (Lipinski definition) is 4. The largest absolute Gasteiger partial charge is 0.507 e. The number of carbonyl (C=O) groups excluding carboxylic acids is 1. The Labute approximate surface area is 113 Å². The van der Waals surface area contributed by atoms with Gasteiger partial charge in [-0.1, -0.05) is 21.1 Å². The van der Waals surface area contributed by atoms with Crippen molar-refractivity contribution in [2.75, 3.05) is 13.1 Å². The van der Waals surface area contributed by atoms with Gasteiger partial charge >= 0.3 is 0 Å².